The van der Waals surface area contributed by atoms with Crippen LogP contribution in [0.3, 0.4) is 0 Å². The van der Waals surface area contributed by atoms with Crippen molar-refractivity contribution in [2.24, 2.45) is 40.6 Å². The minimum atomic E-state index is -0.219. The lowest BCUT2D eigenvalue weighted by Crippen LogP contribution is -2.40. The van der Waals surface area contributed by atoms with Crippen LogP contribution in [-0.2, 0) is 16.2 Å². The van der Waals surface area contributed by atoms with Gasteiger partial charge < -0.3 is 4.74 Å². The zero-order valence-electron chi connectivity index (χ0n) is 16.7. The van der Waals surface area contributed by atoms with Crippen LogP contribution in [0.25, 0.3) is 0 Å². The van der Waals surface area contributed by atoms with Gasteiger partial charge in [-0.3, -0.25) is 9.59 Å². The number of benzene rings is 2. The van der Waals surface area contributed by atoms with Gasteiger partial charge in [-0.1, -0.05) is 42.5 Å². The molecular weight excluding hydrogens is 456 g/mol. The van der Waals surface area contributed by atoms with Crippen molar-refractivity contribution in [3.63, 3.8) is 0 Å². The van der Waals surface area contributed by atoms with Gasteiger partial charge in [-0.15, -0.1) is 0 Å². The summed E-state index contributed by atoms with van der Waals surface area (Å²) in [7, 11) is 0. The van der Waals surface area contributed by atoms with Crippen molar-refractivity contribution in [2.75, 3.05) is 0 Å². The van der Waals surface area contributed by atoms with Crippen LogP contribution in [0.15, 0.2) is 70.3 Å². The van der Waals surface area contributed by atoms with Crippen molar-refractivity contribution >= 4 is 34.0 Å². The van der Waals surface area contributed by atoms with Gasteiger partial charge in [0.25, 0.3) is 11.8 Å². The topological polar surface area (TPSA) is 59.0 Å². The highest BCUT2D eigenvalue weighted by molar-refractivity contribution is 9.10. The molecule has 0 radical (unpaired) electrons. The van der Waals surface area contributed by atoms with Gasteiger partial charge in [-0.05, 0) is 75.3 Å². The van der Waals surface area contributed by atoms with Gasteiger partial charge in [0.05, 0.1) is 22.5 Å². The van der Waals surface area contributed by atoms with Crippen molar-refractivity contribution < 1.29 is 14.3 Å². The van der Waals surface area contributed by atoms with E-state index in [1.807, 2.05) is 48.5 Å². The molecule has 2 bridgehead atoms. The molecule has 7 rings (SSSR count). The molecule has 6 atom stereocenters. The lowest BCUT2D eigenvalue weighted by Gasteiger charge is -2.37. The number of hydrogen-bond donors (Lipinski definition) is 0. The number of imide groups is 1. The summed E-state index contributed by atoms with van der Waals surface area (Å²) in [5, 5.41) is 5.41. The Morgan fingerprint density at radius 3 is 2.32 bits per heavy atom. The van der Waals surface area contributed by atoms with E-state index in [0.29, 0.717) is 18.4 Å². The number of hydrogen-bond acceptors (Lipinski definition) is 4. The molecule has 1 heterocycles. The number of carbonyl (C=O) groups excluding carboxylic acids is 2. The summed E-state index contributed by atoms with van der Waals surface area (Å²) in [6, 6.07) is 15.6. The van der Waals surface area contributed by atoms with E-state index in [1.54, 1.807) is 6.21 Å². The number of carbonyl (C=O) groups is 2. The van der Waals surface area contributed by atoms with Gasteiger partial charge >= 0.3 is 0 Å². The average Bonchev–Trinajstić information content (AvgIpc) is 3.57. The summed E-state index contributed by atoms with van der Waals surface area (Å²) in [5.41, 5.74) is 1.88. The maximum atomic E-state index is 13.0. The summed E-state index contributed by atoms with van der Waals surface area (Å²) in [4.78, 5) is 26.0. The molecule has 4 aliphatic carbocycles. The molecule has 156 valence electrons. The fourth-order valence-corrected chi connectivity index (χ4v) is 6.14. The Labute approximate surface area is 188 Å². The molecule has 0 unspecified atom stereocenters. The Morgan fingerprint density at radius 2 is 1.68 bits per heavy atom. The standard InChI is InChI=1S/C25H21BrN2O3/c26-20-10-15(6-9-21(20)31-13-14-4-2-1-3-5-14)12-27-28-24(29)22-16-7-8-17(19-11-18(16)19)23(22)25(28)30/h1-10,12,16-19,22-23H,11,13H2/b27-12-/t16-,17-,18-,19-,22+,23+/m1/s1. The van der Waals surface area contributed by atoms with Crippen LogP contribution in [-0.4, -0.2) is 23.0 Å². The van der Waals surface area contributed by atoms with Crippen LogP contribution in [0, 0.1) is 35.5 Å². The number of hydrazone groups is 1. The first kappa shape index (κ1) is 19.0. The third-order valence-corrected chi connectivity index (χ3v) is 7.77. The van der Waals surface area contributed by atoms with E-state index in [-0.39, 0.29) is 35.5 Å². The number of nitrogens with zero attached hydrogens (tertiary/aromatic N) is 2. The predicted octanol–water partition coefficient (Wildman–Crippen LogP) is 4.42. The second-order valence-corrected chi connectivity index (χ2v) is 9.71. The molecule has 0 N–H and O–H groups in total. The third kappa shape index (κ3) is 3.07. The highest BCUT2D eigenvalue weighted by atomic mass is 79.9. The molecule has 2 amide bonds. The molecule has 2 saturated carbocycles. The smallest absolute Gasteiger partial charge is 0.254 e. The van der Waals surface area contributed by atoms with Crippen LogP contribution >= 0.6 is 15.9 Å². The van der Waals surface area contributed by atoms with Gasteiger partial charge in [-0.2, -0.15) is 10.1 Å². The zero-order chi connectivity index (χ0) is 21.1. The van der Waals surface area contributed by atoms with Crippen LogP contribution in [0.1, 0.15) is 17.5 Å². The van der Waals surface area contributed by atoms with Gasteiger partial charge in [0.2, 0.25) is 0 Å². The summed E-state index contributed by atoms with van der Waals surface area (Å²) in [6.45, 7) is 0.477. The fraction of sp³-hybridized carbons (Fsp3) is 0.320. The van der Waals surface area contributed by atoms with Crippen molar-refractivity contribution in [1.82, 2.24) is 5.01 Å². The Kier molecular flexibility index (Phi) is 4.39. The molecular formula is C25H21BrN2O3. The Hall–Kier alpha value is -2.73. The lowest BCUT2D eigenvalue weighted by molar-refractivity contribution is -0.140. The quantitative estimate of drug-likeness (QED) is 0.364. The summed E-state index contributed by atoms with van der Waals surface area (Å²) >= 11 is 3.54. The first-order valence-electron chi connectivity index (χ1n) is 10.7. The van der Waals surface area contributed by atoms with E-state index in [0.717, 1.165) is 32.8 Å². The Balaban J connectivity index is 1.16. The van der Waals surface area contributed by atoms with Crippen molar-refractivity contribution in [3.05, 3.63) is 76.3 Å². The van der Waals surface area contributed by atoms with Gasteiger partial charge in [0.15, 0.2) is 0 Å². The zero-order valence-corrected chi connectivity index (χ0v) is 18.3. The number of rotatable bonds is 5. The number of allylic oxidation sites excluding steroid dienone is 2. The first-order valence-corrected chi connectivity index (χ1v) is 11.5. The van der Waals surface area contributed by atoms with Crippen LogP contribution < -0.4 is 4.74 Å². The van der Waals surface area contributed by atoms with E-state index < -0.39 is 0 Å². The molecule has 0 spiro atoms. The Bertz CT molecular complexity index is 1090. The van der Waals surface area contributed by atoms with E-state index in [9.17, 15) is 9.59 Å². The van der Waals surface area contributed by atoms with E-state index in [1.165, 1.54) is 0 Å². The molecule has 1 aliphatic heterocycles. The molecule has 5 nitrogen and oxygen atoms in total. The number of ether oxygens (including phenoxy) is 1. The van der Waals surface area contributed by atoms with E-state index in [4.69, 9.17) is 4.74 Å². The highest BCUT2D eigenvalue weighted by Gasteiger charge is 2.67. The summed E-state index contributed by atoms with van der Waals surface area (Å²) < 4.78 is 6.68. The second kappa shape index (κ2) is 7.16. The first-order chi connectivity index (χ1) is 15.1. The minimum Gasteiger partial charge on any atom is -0.488 e. The maximum absolute atomic E-state index is 13.0. The van der Waals surface area contributed by atoms with Crippen LogP contribution in [0.5, 0.6) is 5.75 Å². The molecule has 1 saturated heterocycles. The van der Waals surface area contributed by atoms with E-state index in [2.05, 4.69) is 33.2 Å². The Morgan fingerprint density at radius 1 is 1.00 bits per heavy atom. The minimum absolute atomic E-state index is 0.141. The molecule has 2 aromatic rings. The van der Waals surface area contributed by atoms with Gasteiger partial charge in [0.1, 0.15) is 12.4 Å². The molecule has 5 aliphatic rings. The largest absolute Gasteiger partial charge is 0.488 e. The molecule has 3 fully saturated rings. The second-order valence-electron chi connectivity index (χ2n) is 8.85. The lowest BCUT2D eigenvalue weighted by atomic mass is 9.63. The molecule has 6 heteroatoms. The molecule has 2 aromatic carbocycles. The average molecular weight is 477 g/mol. The molecule has 31 heavy (non-hydrogen) atoms. The van der Waals surface area contributed by atoms with Crippen molar-refractivity contribution in [1.29, 1.82) is 0 Å². The maximum Gasteiger partial charge on any atom is 0.254 e. The SMILES string of the molecule is O=C1[C@H]2[C@@H]3C=C[C@H]([C@H]4C[C@H]34)[C@@H]2C(=O)N1/N=C\c1ccc(OCc2ccccc2)c(Br)c1. The number of halogens is 1. The monoisotopic (exact) mass is 476 g/mol. The van der Waals surface area contributed by atoms with Gasteiger partial charge in [-0.25, -0.2) is 0 Å². The van der Waals surface area contributed by atoms with Crippen molar-refractivity contribution in [2.45, 2.75) is 13.0 Å². The number of amides is 2. The van der Waals surface area contributed by atoms with Crippen LogP contribution in [0.2, 0.25) is 0 Å². The van der Waals surface area contributed by atoms with Crippen LogP contribution in [0.4, 0.5) is 0 Å². The van der Waals surface area contributed by atoms with Gasteiger partial charge in [0, 0.05) is 0 Å². The fourth-order valence-electron chi connectivity index (χ4n) is 5.63. The molecule has 0 aromatic heterocycles. The summed E-state index contributed by atoms with van der Waals surface area (Å²) in [6.07, 6.45) is 7.08. The highest BCUT2D eigenvalue weighted by Crippen LogP contribution is 2.65. The predicted molar refractivity (Wildman–Crippen MR) is 119 cm³/mol. The van der Waals surface area contributed by atoms with Crippen molar-refractivity contribution in [3.8, 4) is 5.75 Å². The summed E-state index contributed by atoms with van der Waals surface area (Å²) in [5.74, 6) is 1.62. The van der Waals surface area contributed by atoms with E-state index >= 15 is 0 Å². The third-order valence-electron chi connectivity index (χ3n) is 7.15. The normalized spacial score (nSPS) is 32.5.